The van der Waals surface area contributed by atoms with Crippen LogP contribution in [0.3, 0.4) is 0 Å². The number of carbonyl (C=O) groups is 1. The van der Waals surface area contributed by atoms with Gasteiger partial charge in [-0.1, -0.05) is 18.6 Å². The third-order valence-corrected chi connectivity index (χ3v) is 3.69. The van der Waals surface area contributed by atoms with Gasteiger partial charge in [-0.3, -0.25) is 19.8 Å². The van der Waals surface area contributed by atoms with Gasteiger partial charge in [0.15, 0.2) is 0 Å². The van der Waals surface area contributed by atoms with E-state index in [0.717, 1.165) is 25.8 Å². The highest BCUT2D eigenvalue weighted by atomic mass is 16.6. The van der Waals surface area contributed by atoms with Crippen molar-refractivity contribution in [3.8, 4) is 0 Å². The number of benzene rings is 1. The van der Waals surface area contributed by atoms with E-state index < -0.39 is 4.92 Å². The van der Waals surface area contributed by atoms with Crippen LogP contribution in [-0.2, 0) is 11.3 Å². The largest absolute Gasteiger partial charge is 0.393 e. The Kier molecular flexibility index (Phi) is 4.19. The number of likely N-dealkylation sites (tertiary alicyclic amines) is 1. The number of hydrogen-bond acceptors (Lipinski definition) is 5. The molecule has 1 fully saturated rings. The van der Waals surface area contributed by atoms with E-state index in [1.807, 2.05) is 4.90 Å². The summed E-state index contributed by atoms with van der Waals surface area (Å²) >= 11 is 0. The van der Waals surface area contributed by atoms with E-state index in [1.165, 1.54) is 6.07 Å². The number of hydrogen-bond donors (Lipinski definition) is 2. The van der Waals surface area contributed by atoms with Crippen molar-refractivity contribution in [3.63, 3.8) is 0 Å². The second-order valence-corrected chi connectivity index (χ2v) is 4.99. The fourth-order valence-electron chi connectivity index (χ4n) is 2.62. The molecule has 1 aliphatic rings. The highest BCUT2D eigenvalue weighted by Gasteiger charge is 2.28. The van der Waals surface area contributed by atoms with Crippen LogP contribution in [0.5, 0.6) is 0 Å². The van der Waals surface area contributed by atoms with Crippen LogP contribution in [0.4, 0.5) is 11.4 Å². The van der Waals surface area contributed by atoms with Crippen LogP contribution >= 0.6 is 0 Å². The molecule has 1 aromatic rings. The highest BCUT2D eigenvalue weighted by Crippen LogP contribution is 2.28. The molecule has 1 amide bonds. The molecule has 7 heteroatoms. The predicted molar refractivity (Wildman–Crippen MR) is 74.8 cm³/mol. The Morgan fingerprint density at radius 3 is 2.85 bits per heavy atom. The van der Waals surface area contributed by atoms with Crippen molar-refractivity contribution in [1.82, 2.24) is 4.90 Å². The number of para-hydroxylation sites is 1. The molecule has 0 aromatic heterocycles. The molecule has 7 nitrogen and oxygen atoms in total. The fourth-order valence-corrected chi connectivity index (χ4v) is 2.62. The summed E-state index contributed by atoms with van der Waals surface area (Å²) in [5.41, 5.74) is 12.0. The standard InChI is InChI=1S/C13H18N4O3/c14-12-9(4-3-6-10(12)17(19)20)8-16-7-2-1-5-11(16)13(15)18/h3-4,6,11H,1-2,5,7-8,14H2,(H2,15,18). The number of nitro benzene ring substituents is 1. The SMILES string of the molecule is NC(=O)C1CCCCN1Cc1cccc([N+](=O)[O-])c1N. The minimum atomic E-state index is -0.499. The van der Waals surface area contributed by atoms with E-state index >= 15 is 0 Å². The van der Waals surface area contributed by atoms with Gasteiger partial charge in [-0.15, -0.1) is 0 Å². The quantitative estimate of drug-likeness (QED) is 0.484. The van der Waals surface area contributed by atoms with Gasteiger partial charge in [0.25, 0.3) is 5.69 Å². The van der Waals surface area contributed by atoms with Crippen LogP contribution in [0.25, 0.3) is 0 Å². The van der Waals surface area contributed by atoms with Crippen LogP contribution in [0.2, 0.25) is 0 Å². The molecule has 20 heavy (non-hydrogen) atoms. The summed E-state index contributed by atoms with van der Waals surface area (Å²) in [5.74, 6) is -0.353. The normalized spacial score (nSPS) is 19.7. The van der Waals surface area contributed by atoms with Crippen molar-refractivity contribution in [2.24, 2.45) is 5.73 Å². The molecule has 1 heterocycles. The summed E-state index contributed by atoms with van der Waals surface area (Å²) in [4.78, 5) is 23.8. The van der Waals surface area contributed by atoms with Gasteiger partial charge in [-0.2, -0.15) is 0 Å². The van der Waals surface area contributed by atoms with Crippen LogP contribution < -0.4 is 11.5 Å². The summed E-state index contributed by atoms with van der Waals surface area (Å²) in [6.07, 6.45) is 2.68. The maximum absolute atomic E-state index is 11.5. The van der Waals surface area contributed by atoms with E-state index in [2.05, 4.69) is 0 Å². The first kappa shape index (κ1) is 14.3. The van der Waals surface area contributed by atoms with Crippen molar-refractivity contribution in [2.75, 3.05) is 12.3 Å². The molecule has 4 N–H and O–H groups in total. The second-order valence-electron chi connectivity index (χ2n) is 4.99. The lowest BCUT2D eigenvalue weighted by Gasteiger charge is -2.33. The molecule has 1 aromatic carbocycles. The molecular formula is C13H18N4O3. The Balaban J connectivity index is 2.22. The lowest BCUT2D eigenvalue weighted by Crippen LogP contribution is -2.47. The first-order valence-electron chi connectivity index (χ1n) is 6.56. The van der Waals surface area contributed by atoms with E-state index in [0.29, 0.717) is 12.1 Å². The summed E-state index contributed by atoms with van der Waals surface area (Å²) < 4.78 is 0. The van der Waals surface area contributed by atoms with Crippen molar-refractivity contribution in [1.29, 1.82) is 0 Å². The van der Waals surface area contributed by atoms with Crippen LogP contribution in [0.15, 0.2) is 18.2 Å². The zero-order valence-corrected chi connectivity index (χ0v) is 11.1. The second kappa shape index (κ2) is 5.87. The smallest absolute Gasteiger partial charge is 0.292 e. The molecule has 0 aliphatic carbocycles. The van der Waals surface area contributed by atoms with Gasteiger partial charge >= 0.3 is 0 Å². The van der Waals surface area contributed by atoms with Crippen LogP contribution in [0, 0.1) is 10.1 Å². The fraction of sp³-hybridized carbons (Fsp3) is 0.462. The number of amides is 1. The Labute approximate surface area is 116 Å². The zero-order valence-electron chi connectivity index (χ0n) is 11.1. The van der Waals surface area contributed by atoms with Gasteiger partial charge in [0.2, 0.25) is 5.91 Å². The zero-order chi connectivity index (χ0) is 14.7. The average molecular weight is 278 g/mol. The van der Waals surface area contributed by atoms with Gasteiger partial charge < -0.3 is 11.5 Å². The van der Waals surface area contributed by atoms with Gasteiger partial charge in [0, 0.05) is 12.6 Å². The van der Waals surface area contributed by atoms with E-state index in [1.54, 1.807) is 12.1 Å². The lowest BCUT2D eigenvalue weighted by atomic mass is 10.00. The maximum atomic E-state index is 11.5. The lowest BCUT2D eigenvalue weighted by molar-refractivity contribution is -0.384. The minimum absolute atomic E-state index is 0.102. The van der Waals surface area contributed by atoms with E-state index in [4.69, 9.17) is 11.5 Å². The number of primary amides is 1. The third kappa shape index (κ3) is 2.88. The number of nitrogens with zero attached hydrogens (tertiary/aromatic N) is 2. The Hall–Kier alpha value is -2.15. The van der Waals surface area contributed by atoms with Crippen LogP contribution in [0.1, 0.15) is 24.8 Å². The topological polar surface area (TPSA) is 115 Å². The minimum Gasteiger partial charge on any atom is -0.393 e. The molecule has 0 saturated carbocycles. The number of rotatable bonds is 4. The number of anilines is 1. The predicted octanol–water partition coefficient (Wildman–Crippen LogP) is 1.02. The van der Waals surface area contributed by atoms with Crippen molar-refractivity contribution in [3.05, 3.63) is 33.9 Å². The molecule has 108 valence electrons. The van der Waals surface area contributed by atoms with E-state index in [-0.39, 0.29) is 23.3 Å². The molecular weight excluding hydrogens is 260 g/mol. The summed E-state index contributed by atoms with van der Waals surface area (Å²) in [6.45, 7) is 1.15. The summed E-state index contributed by atoms with van der Waals surface area (Å²) in [6, 6.07) is 4.41. The molecule has 0 spiro atoms. The van der Waals surface area contributed by atoms with E-state index in [9.17, 15) is 14.9 Å². The molecule has 1 atom stereocenters. The monoisotopic (exact) mass is 278 g/mol. The molecule has 2 rings (SSSR count). The third-order valence-electron chi connectivity index (χ3n) is 3.69. The Bertz CT molecular complexity index is 532. The number of nitrogens with two attached hydrogens (primary N) is 2. The molecule has 1 aliphatic heterocycles. The average Bonchev–Trinajstić information content (AvgIpc) is 2.41. The summed E-state index contributed by atoms with van der Waals surface area (Å²) in [5, 5.41) is 10.9. The number of piperidine rings is 1. The van der Waals surface area contributed by atoms with Crippen molar-refractivity contribution in [2.45, 2.75) is 31.8 Å². The van der Waals surface area contributed by atoms with Gasteiger partial charge in [0.05, 0.1) is 11.0 Å². The van der Waals surface area contributed by atoms with Crippen LogP contribution in [-0.4, -0.2) is 28.3 Å². The molecule has 0 radical (unpaired) electrons. The first-order valence-corrected chi connectivity index (χ1v) is 6.56. The molecule has 1 saturated heterocycles. The maximum Gasteiger partial charge on any atom is 0.292 e. The first-order chi connectivity index (χ1) is 9.50. The Morgan fingerprint density at radius 1 is 1.45 bits per heavy atom. The van der Waals surface area contributed by atoms with Gasteiger partial charge in [0.1, 0.15) is 5.69 Å². The van der Waals surface area contributed by atoms with Gasteiger partial charge in [-0.25, -0.2) is 0 Å². The number of nitrogen functional groups attached to an aromatic ring is 1. The molecule has 0 bridgehead atoms. The summed E-state index contributed by atoms with van der Waals surface area (Å²) in [7, 11) is 0. The highest BCUT2D eigenvalue weighted by molar-refractivity contribution is 5.80. The van der Waals surface area contributed by atoms with Gasteiger partial charge in [-0.05, 0) is 24.9 Å². The van der Waals surface area contributed by atoms with Crippen molar-refractivity contribution < 1.29 is 9.72 Å². The number of nitro groups is 1. The molecule has 1 unspecified atom stereocenters. The van der Waals surface area contributed by atoms with Crippen molar-refractivity contribution >= 4 is 17.3 Å². The number of carbonyl (C=O) groups excluding carboxylic acids is 1. The Morgan fingerprint density at radius 2 is 2.20 bits per heavy atom.